The molecule has 110 valence electrons. The number of nitrogens with zero attached hydrogens (tertiary/aromatic N) is 1. The molecule has 1 aliphatic rings. The van der Waals surface area contributed by atoms with Gasteiger partial charge in [-0.2, -0.15) is 0 Å². The van der Waals surface area contributed by atoms with Crippen LogP contribution >= 0.6 is 0 Å². The minimum Gasteiger partial charge on any atom is -0.480 e. The highest BCUT2D eigenvalue weighted by Crippen LogP contribution is 2.28. The van der Waals surface area contributed by atoms with E-state index in [-0.39, 0.29) is 0 Å². The number of nitrogens with one attached hydrogen (secondary N) is 1. The van der Waals surface area contributed by atoms with Gasteiger partial charge in [0.1, 0.15) is 0 Å². The molecule has 0 saturated heterocycles. The molecule has 1 saturated carbocycles. The number of aliphatic hydroxyl groups excluding tert-OH is 1. The number of carbonyl (C=O) groups is 2. The van der Waals surface area contributed by atoms with Gasteiger partial charge in [-0.15, -0.1) is 0 Å². The maximum Gasteiger partial charge on any atom is 0.328 e. The van der Waals surface area contributed by atoms with Crippen LogP contribution in [0.25, 0.3) is 0 Å². The summed E-state index contributed by atoms with van der Waals surface area (Å²) >= 11 is 0. The number of urea groups is 1. The van der Waals surface area contributed by atoms with Crippen molar-refractivity contribution < 1.29 is 24.5 Å². The van der Waals surface area contributed by atoms with Crippen LogP contribution in [-0.4, -0.2) is 66.1 Å². The summed E-state index contributed by atoms with van der Waals surface area (Å²) < 4.78 is 5.39. The number of amides is 2. The Bertz CT molecular complexity index is 317. The quantitative estimate of drug-likeness (QED) is 0.536. The number of ether oxygens (including phenoxy) is 1. The second-order valence-electron chi connectivity index (χ2n) is 4.95. The van der Waals surface area contributed by atoms with Gasteiger partial charge in [-0.25, -0.2) is 9.59 Å². The second kappa shape index (κ2) is 7.30. The molecule has 0 unspecified atom stereocenters. The van der Waals surface area contributed by atoms with E-state index < -0.39 is 24.1 Å². The third-order valence-corrected chi connectivity index (χ3v) is 3.00. The van der Waals surface area contributed by atoms with Crippen LogP contribution in [-0.2, 0) is 9.53 Å². The number of aliphatic carboxylic acids is 1. The van der Waals surface area contributed by atoms with Gasteiger partial charge in [0, 0.05) is 20.2 Å². The molecule has 0 aromatic heterocycles. The molecule has 19 heavy (non-hydrogen) atoms. The molecule has 1 aliphatic carbocycles. The molecule has 0 spiro atoms. The van der Waals surface area contributed by atoms with E-state index in [0.29, 0.717) is 19.1 Å². The summed E-state index contributed by atoms with van der Waals surface area (Å²) in [5, 5.41) is 20.4. The lowest BCUT2D eigenvalue weighted by Crippen LogP contribution is -2.51. The van der Waals surface area contributed by atoms with Crippen molar-refractivity contribution in [3.05, 3.63) is 0 Å². The van der Waals surface area contributed by atoms with Gasteiger partial charge in [-0.1, -0.05) is 0 Å². The molecule has 2 amide bonds. The van der Waals surface area contributed by atoms with E-state index in [0.717, 1.165) is 6.61 Å². The zero-order chi connectivity index (χ0) is 14.4. The highest BCUT2D eigenvalue weighted by atomic mass is 16.5. The minimum absolute atomic E-state index is 0.380. The summed E-state index contributed by atoms with van der Waals surface area (Å²) in [5.41, 5.74) is 0. The first-order valence-corrected chi connectivity index (χ1v) is 6.42. The summed E-state index contributed by atoms with van der Waals surface area (Å²) in [6.07, 6.45) is 1.27. The summed E-state index contributed by atoms with van der Waals surface area (Å²) in [6, 6.07) is -1.84. The third-order valence-electron chi connectivity index (χ3n) is 3.00. The highest BCUT2D eigenvalue weighted by molar-refractivity contribution is 5.82. The van der Waals surface area contributed by atoms with Crippen LogP contribution in [0.1, 0.15) is 19.8 Å². The number of carbonyl (C=O) groups excluding carboxylic acids is 1. The van der Waals surface area contributed by atoms with Crippen molar-refractivity contribution >= 4 is 12.0 Å². The smallest absolute Gasteiger partial charge is 0.328 e. The molecule has 0 aliphatic heterocycles. The van der Waals surface area contributed by atoms with Crippen molar-refractivity contribution in [3.63, 3.8) is 0 Å². The molecule has 1 rings (SSSR count). The molecule has 0 aromatic carbocycles. The number of likely N-dealkylation sites (N-methyl/N-ethyl adjacent to an activating group) is 1. The summed E-state index contributed by atoms with van der Waals surface area (Å²) in [7, 11) is 1.55. The maximum absolute atomic E-state index is 11.7. The monoisotopic (exact) mass is 274 g/mol. The number of carboxylic acid groups (broad SMARTS) is 1. The topological polar surface area (TPSA) is 99.1 Å². The molecule has 0 aromatic rings. The van der Waals surface area contributed by atoms with Gasteiger partial charge in [0.05, 0.1) is 12.7 Å². The van der Waals surface area contributed by atoms with E-state index in [9.17, 15) is 14.7 Å². The van der Waals surface area contributed by atoms with Crippen molar-refractivity contribution in [2.24, 2.45) is 5.92 Å². The largest absolute Gasteiger partial charge is 0.480 e. The van der Waals surface area contributed by atoms with Gasteiger partial charge in [0.15, 0.2) is 6.04 Å². The predicted octanol–water partition coefficient (Wildman–Crippen LogP) is -0.112. The SMILES string of the molecule is C[C@@H](O)[C@H](NC(=O)N(C)CCOCC1CC1)C(=O)O. The molecular formula is C12H22N2O5. The van der Waals surface area contributed by atoms with Crippen LogP contribution in [0.15, 0.2) is 0 Å². The van der Waals surface area contributed by atoms with Crippen LogP contribution < -0.4 is 5.32 Å². The van der Waals surface area contributed by atoms with Gasteiger partial charge in [-0.3, -0.25) is 0 Å². The predicted molar refractivity (Wildman–Crippen MR) is 67.8 cm³/mol. The minimum atomic E-state index is -1.30. The van der Waals surface area contributed by atoms with Crippen LogP contribution in [0.3, 0.4) is 0 Å². The average molecular weight is 274 g/mol. The van der Waals surface area contributed by atoms with E-state index in [1.165, 1.54) is 24.7 Å². The Balaban J connectivity index is 2.23. The lowest BCUT2D eigenvalue weighted by molar-refractivity contribution is -0.141. The number of rotatable bonds is 8. The Kier molecular flexibility index (Phi) is 6.04. The molecular weight excluding hydrogens is 252 g/mol. The fourth-order valence-corrected chi connectivity index (χ4v) is 1.47. The molecule has 0 radical (unpaired) electrons. The third kappa shape index (κ3) is 5.89. The molecule has 0 bridgehead atoms. The highest BCUT2D eigenvalue weighted by Gasteiger charge is 2.26. The van der Waals surface area contributed by atoms with Gasteiger partial charge in [0.25, 0.3) is 0 Å². The fraction of sp³-hybridized carbons (Fsp3) is 0.833. The number of hydrogen-bond acceptors (Lipinski definition) is 4. The molecule has 1 fully saturated rings. The van der Waals surface area contributed by atoms with E-state index >= 15 is 0 Å². The van der Waals surface area contributed by atoms with Crippen LogP contribution in [0, 0.1) is 5.92 Å². The molecule has 3 N–H and O–H groups in total. The lowest BCUT2D eigenvalue weighted by atomic mass is 10.2. The van der Waals surface area contributed by atoms with Crippen molar-refractivity contribution in [2.75, 3.05) is 26.8 Å². The normalized spacial score (nSPS) is 17.6. The Hall–Kier alpha value is -1.34. The molecule has 2 atom stereocenters. The van der Waals surface area contributed by atoms with Crippen molar-refractivity contribution in [1.29, 1.82) is 0 Å². The van der Waals surface area contributed by atoms with Crippen molar-refractivity contribution in [3.8, 4) is 0 Å². The van der Waals surface area contributed by atoms with E-state index in [2.05, 4.69) is 5.32 Å². The standard InChI is InChI=1S/C12H22N2O5/c1-8(15)10(11(16)17)13-12(18)14(2)5-6-19-7-9-3-4-9/h8-10,15H,3-7H2,1-2H3,(H,13,18)(H,16,17)/t8-,10+/m1/s1. The summed E-state index contributed by atoms with van der Waals surface area (Å²) in [6.45, 7) is 2.84. The zero-order valence-corrected chi connectivity index (χ0v) is 11.3. The zero-order valence-electron chi connectivity index (χ0n) is 11.3. The van der Waals surface area contributed by atoms with E-state index in [4.69, 9.17) is 9.84 Å². The Morgan fingerprint density at radius 2 is 2.11 bits per heavy atom. The Morgan fingerprint density at radius 1 is 1.47 bits per heavy atom. The lowest BCUT2D eigenvalue weighted by Gasteiger charge is -2.22. The number of hydrogen-bond donors (Lipinski definition) is 3. The summed E-state index contributed by atoms with van der Waals surface area (Å²) in [5.74, 6) is -0.590. The van der Waals surface area contributed by atoms with Gasteiger partial charge in [-0.05, 0) is 25.7 Å². The Morgan fingerprint density at radius 3 is 2.58 bits per heavy atom. The summed E-state index contributed by atoms with van der Waals surface area (Å²) in [4.78, 5) is 23.8. The first-order valence-electron chi connectivity index (χ1n) is 6.42. The maximum atomic E-state index is 11.7. The van der Waals surface area contributed by atoms with Gasteiger partial charge < -0.3 is 25.2 Å². The van der Waals surface area contributed by atoms with Crippen molar-refractivity contribution in [1.82, 2.24) is 10.2 Å². The van der Waals surface area contributed by atoms with Crippen LogP contribution in [0.4, 0.5) is 4.79 Å². The van der Waals surface area contributed by atoms with E-state index in [1.54, 1.807) is 7.05 Å². The molecule has 7 nitrogen and oxygen atoms in total. The van der Waals surface area contributed by atoms with Gasteiger partial charge >= 0.3 is 12.0 Å². The van der Waals surface area contributed by atoms with E-state index in [1.807, 2.05) is 0 Å². The average Bonchev–Trinajstić information content (AvgIpc) is 3.14. The Labute approximate surface area is 112 Å². The first-order chi connectivity index (χ1) is 8.91. The first kappa shape index (κ1) is 15.7. The number of aliphatic hydroxyl groups is 1. The number of carboxylic acids is 1. The van der Waals surface area contributed by atoms with Crippen molar-refractivity contribution in [2.45, 2.75) is 31.9 Å². The van der Waals surface area contributed by atoms with Crippen LogP contribution in [0.2, 0.25) is 0 Å². The molecule has 0 heterocycles. The van der Waals surface area contributed by atoms with Gasteiger partial charge in [0.2, 0.25) is 0 Å². The fourth-order valence-electron chi connectivity index (χ4n) is 1.47. The second-order valence-corrected chi connectivity index (χ2v) is 4.95. The molecule has 7 heteroatoms. The van der Waals surface area contributed by atoms with Crippen LogP contribution in [0.5, 0.6) is 0 Å².